The molecule has 16 heavy (non-hydrogen) atoms. The summed E-state index contributed by atoms with van der Waals surface area (Å²) >= 11 is 0. The minimum atomic E-state index is -0.423. The first-order valence-electron chi connectivity index (χ1n) is 5.89. The van der Waals surface area contributed by atoms with Crippen LogP contribution in [-0.2, 0) is 11.2 Å². The highest BCUT2D eigenvalue weighted by molar-refractivity contribution is 4.98. The lowest BCUT2D eigenvalue weighted by Gasteiger charge is -2.24. The van der Waals surface area contributed by atoms with E-state index in [9.17, 15) is 5.11 Å². The summed E-state index contributed by atoms with van der Waals surface area (Å²) in [5.41, 5.74) is 0. The van der Waals surface area contributed by atoms with Gasteiger partial charge in [-0.15, -0.1) is 0 Å². The molecule has 1 aliphatic rings. The number of nitrogens with zero attached hydrogens (tertiary/aromatic N) is 2. The molecule has 2 unspecified atom stereocenters. The zero-order valence-corrected chi connectivity index (χ0v) is 9.56. The van der Waals surface area contributed by atoms with Gasteiger partial charge in [-0.3, -0.25) is 0 Å². The minimum absolute atomic E-state index is 0.156. The highest BCUT2D eigenvalue weighted by Crippen LogP contribution is 2.24. The Balaban J connectivity index is 1.99. The van der Waals surface area contributed by atoms with Gasteiger partial charge >= 0.3 is 0 Å². The van der Waals surface area contributed by atoms with E-state index < -0.39 is 6.10 Å². The number of ether oxygens (including phenoxy) is 1. The van der Waals surface area contributed by atoms with E-state index >= 15 is 0 Å². The Morgan fingerprint density at radius 1 is 1.50 bits per heavy atom. The van der Waals surface area contributed by atoms with E-state index in [0.29, 0.717) is 25.5 Å². The quantitative estimate of drug-likeness (QED) is 0.837. The summed E-state index contributed by atoms with van der Waals surface area (Å²) in [7, 11) is 0. The van der Waals surface area contributed by atoms with Crippen LogP contribution in [0.5, 0.6) is 0 Å². The maximum Gasteiger partial charge on any atom is 0.234 e. The fraction of sp³-hybridized carbons (Fsp3) is 0.818. The van der Waals surface area contributed by atoms with Crippen molar-refractivity contribution in [3.63, 3.8) is 0 Å². The molecule has 1 aromatic rings. The molecule has 2 atom stereocenters. The predicted octanol–water partition coefficient (Wildman–Crippen LogP) is 1.28. The smallest absolute Gasteiger partial charge is 0.234 e. The van der Waals surface area contributed by atoms with Gasteiger partial charge in [0, 0.05) is 13.0 Å². The number of aliphatic hydroxyl groups excluding tert-OH is 1. The van der Waals surface area contributed by atoms with E-state index in [-0.39, 0.29) is 5.92 Å². The third kappa shape index (κ3) is 2.59. The van der Waals surface area contributed by atoms with Gasteiger partial charge in [-0.25, -0.2) is 0 Å². The van der Waals surface area contributed by atoms with E-state index in [4.69, 9.17) is 9.26 Å². The monoisotopic (exact) mass is 226 g/mol. The molecular formula is C11H18N2O3. The first-order chi connectivity index (χ1) is 7.81. The van der Waals surface area contributed by atoms with Crippen molar-refractivity contribution in [2.24, 2.45) is 0 Å². The van der Waals surface area contributed by atoms with Gasteiger partial charge in [-0.05, 0) is 12.8 Å². The standard InChI is InChI=1S/C11H18N2O3/c1-2-3-4-10-12-11(16-13-10)8-7-15-6-5-9(8)14/h8-9,14H,2-7H2,1H3. The summed E-state index contributed by atoms with van der Waals surface area (Å²) in [5, 5.41) is 13.7. The van der Waals surface area contributed by atoms with E-state index in [1.165, 1.54) is 0 Å². The second-order valence-electron chi connectivity index (χ2n) is 4.19. The first-order valence-corrected chi connectivity index (χ1v) is 5.89. The molecule has 0 spiro atoms. The molecule has 0 saturated carbocycles. The molecule has 0 aliphatic carbocycles. The van der Waals surface area contributed by atoms with Gasteiger partial charge in [-0.2, -0.15) is 4.98 Å². The Kier molecular flexibility index (Phi) is 3.90. The first kappa shape index (κ1) is 11.5. The predicted molar refractivity (Wildman–Crippen MR) is 57.1 cm³/mol. The van der Waals surface area contributed by atoms with Crippen molar-refractivity contribution in [2.75, 3.05) is 13.2 Å². The van der Waals surface area contributed by atoms with Gasteiger partial charge in [0.2, 0.25) is 5.89 Å². The Morgan fingerprint density at radius 2 is 2.38 bits per heavy atom. The molecule has 0 amide bonds. The lowest BCUT2D eigenvalue weighted by Crippen LogP contribution is -2.30. The average molecular weight is 226 g/mol. The van der Waals surface area contributed by atoms with Crippen molar-refractivity contribution >= 4 is 0 Å². The second-order valence-corrected chi connectivity index (χ2v) is 4.19. The number of rotatable bonds is 4. The Morgan fingerprint density at radius 3 is 3.12 bits per heavy atom. The normalized spacial score (nSPS) is 25.9. The van der Waals surface area contributed by atoms with Crippen LogP contribution in [0.2, 0.25) is 0 Å². The molecule has 0 bridgehead atoms. The largest absolute Gasteiger partial charge is 0.392 e. The maximum atomic E-state index is 9.80. The molecular weight excluding hydrogens is 208 g/mol. The van der Waals surface area contributed by atoms with E-state index in [0.717, 1.165) is 25.1 Å². The van der Waals surface area contributed by atoms with Crippen molar-refractivity contribution in [2.45, 2.75) is 44.6 Å². The summed E-state index contributed by atoms with van der Waals surface area (Å²) in [6.07, 6.45) is 3.22. The fourth-order valence-electron chi connectivity index (χ4n) is 1.82. The summed E-state index contributed by atoms with van der Waals surface area (Å²) < 4.78 is 10.5. The highest BCUT2D eigenvalue weighted by atomic mass is 16.5. The van der Waals surface area contributed by atoms with E-state index in [1.807, 2.05) is 0 Å². The molecule has 5 heteroatoms. The number of aromatic nitrogens is 2. The van der Waals surface area contributed by atoms with Crippen LogP contribution in [0.25, 0.3) is 0 Å². The van der Waals surface area contributed by atoms with Crippen LogP contribution in [0.1, 0.15) is 43.8 Å². The number of unbranched alkanes of at least 4 members (excludes halogenated alkanes) is 1. The molecule has 2 rings (SSSR count). The Labute approximate surface area is 94.8 Å². The molecule has 0 aromatic carbocycles. The summed E-state index contributed by atoms with van der Waals surface area (Å²) in [5.74, 6) is 1.09. The van der Waals surface area contributed by atoms with E-state index in [2.05, 4.69) is 17.1 Å². The van der Waals surface area contributed by atoms with E-state index in [1.54, 1.807) is 0 Å². The summed E-state index contributed by atoms with van der Waals surface area (Å²) in [4.78, 5) is 4.30. The third-order valence-electron chi connectivity index (χ3n) is 2.87. The lowest BCUT2D eigenvalue weighted by molar-refractivity contribution is -0.0149. The molecule has 1 N–H and O–H groups in total. The van der Waals surface area contributed by atoms with Crippen LogP contribution in [0.4, 0.5) is 0 Å². The van der Waals surface area contributed by atoms with Gasteiger partial charge in [0.05, 0.1) is 18.6 Å². The van der Waals surface area contributed by atoms with Crippen molar-refractivity contribution in [1.82, 2.24) is 10.1 Å². The van der Waals surface area contributed by atoms with Crippen LogP contribution < -0.4 is 0 Å². The topological polar surface area (TPSA) is 68.4 Å². The van der Waals surface area contributed by atoms with Crippen molar-refractivity contribution < 1.29 is 14.4 Å². The third-order valence-corrected chi connectivity index (χ3v) is 2.87. The summed E-state index contributed by atoms with van der Waals surface area (Å²) in [6.45, 7) is 3.20. The number of aryl methyl sites for hydroxylation is 1. The number of aliphatic hydroxyl groups is 1. The van der Waals surface area contributed by atoms with Crippen molar-refractivity contribution in [1.29, 1.82) is 0 Å². The molecule has 1 aromatic heterocycles. The number of hydrogen-bond acceptors (Lipinski definition) is 5. The SMILES string of the molecule is CCCCc1noc(C2COCCC2O)n1. The van der Waals surface area contributed by atoms with Gasteiger partial charge in [0.15, 0.2) is 5.82 Å². The van der Waals surface area contributed by atoms with Gasteiger partial charge in [-0.1, -0.05) is 18.5 Å². The van der Waals surface area contributed by atoms with Gasteiger partial charge in [0.1, 0.15) is 0 Å². The number of hydrogen-bond donors (Lipinski definition) is 1. The second kappa shape index (κ2) is 5.41. The van der Waals surface area contributed by atoms with Crippen LogP contribution >= 0.6 is 0 Å². The molecule has 90 valence electrons. The Hall–Kier alpha value is -0.940. The maximum absolute atomic E-state index is 9.80. The van der Waals surface area contributed by atoms with Crippen molar-refractivity contribution in [3.8, 4) is 0 Å². The molecule has 1 fully saturated rings. The minimum Gasteiger partial charge on any atom is -0.392 e. The van der Waals surface area contributed by atoms with Crippen LogP contribution in [0.3, 0.4) is 0 Å². The summed E-state index contributed by atoms with van der Waals surface area (Å²) in [6, 6.07) is 0. The zero-order chi connectivity index (χ0) is 11.4. The molecule has 0 radical (unpaired) electrons. The molecule has 1 saturated heterocycles. The average Bonchev–Trinajstić information content (AvgIpc) is 2.75. The van der Waals surface area contributed by atoms with Gasteiger partial charge < -0.3 is 14.4 Å². The lowest BCUT2D eigenvalue weighted by atomic mass is 9.99. The van der Waals surface area contributed by atoms with Crippen LogP contribution in [0.15, 0.2) is 4.52 Å². The Bertz CT molecular complexity index is 327. The van der Waals surface area contributed by atoms with Crippen LogP contribution in [-0.4, -0.2) is 34.6 Å². The van der Waals surface area contributed by atoms with Crippen molar-refractivity contribution in [3.05, 3.63) is 11.7 Å². The van der Waals surface area contributed by atoms with Crippen LogP contribution in [0, 0.1) is 0 Å². The fourth-order valence-corrected chi connectivity index (χ4v) is 1.82. The molecule has 2 heterocycles. The highest BCUT2D eigenvalue weighted by Gasteiger charge is 2.30. The zero-order valence-electron chi connectivity index (χ0n) is 9.56. The van der Waals surface area contributed by atoms with Gasteiger partial charge in [0.25, 0.3) is 0 Å². The molecule has 5 nitrogen and oxygen atoms in total. The molecule has 1 aliphatic heterocycles.